The minimum atomic E-state index is -0.943. The lowest BCUT2D eigenvalue weighted by atomic mass is 10.1. The second kappa shape index (κ2) is 4.33. The number of rotatable bonds is 1. The van der Waals surface area contributed by atoms with E-state index in [0.29, 0.717) is 33.5 Å². The minimum absolute atomic E-state index is 0.165. The minimum Gasteiger partial charge on any atom is -0.344 e. The molecule has 7 heteroatoms. The van der Waals surface area contributed by atoms with Gasteiger partial charge in [-0.3, -0.25) is 9.89 Å². The van der Waals surface area contributed by atoms with Gasteiger partial charge in [0.25, 0.3) is 5.91 Å². The van der Waals surface area contributed by atoms with Gasteiger partial charge in [-0.25, -0.2) is 13.8 Å². The molecule has 4 rings (SSSR count). The largest absolute Gasteiger partial charge is 0.344 e. The first-order valence-corrected chi connectivity index (χ1v) is 6.70. The number of halogens is 2. The van der Waals surface area contributed by atoms with E-state index in [1.54, 1.807) is 12.1 Å². The number of hydrogen-bond donors (Lipinski definition) is 2. The fraction of sp³-hybridized carbons (Fsp3) is 0.133. The van der Waals surface area contributed by atoms with Crippen LogP contribution in [0.5, 0.6) is 0 Å². The molecule has 1 atom stereocenters. The summed E-state index contributed by atoms with van der Waals surface area (Å²) in [5.41, 5.74) is 2.45. The molecule has 110 valence electrons. The maximum absolute atomic E-state index is 13.5. The molecule has 0 spiro atoms. The van der Waals surface area contributed by atoms with Crippen LogP contribution in [0.2, 0.25) is 0 Å². The first-order chi connectivity index (χ1) is 10.5. The predicted molar refractivity (Wildman–Crippen MR) is 75.1 cm³/mol. The monoisotopic (exact) mass is 300 g/mol. The molecule has 3 aromatic rings. The first-order valence-electron chi connectivity index (χ1n) is 6.70. The van der Waals surface area contributed by atoms with Crippen molar-refractivity contribution >= 4 is 16.8 Å². The van der Waals surface area contributed by atoms with E-state index in [1.807, 2.05) is 6.92 Å². The van der Waals surface area contributed by atoms with Gasteiger partial charge in [-0.05, 0) is 25.1 Å². The van der Waals surface area contributed by atoms with E-state index in [9.17, 15) is 13.6 Å². The van der Waals surface area contributed by atoms with Crippen LogP contribution in [0.15, 0.2) is 24.3 Å². The molecular weight excluding hydrogens is 290 g/mol. The zero-order valence-corrected chi connectivity index (χ0v) is 11.4. The third-order valence-corrected chi connectivity index (χ3v) is 3.77. The summed E-state index contributed by atoms with van der Waals surface area (Å²) in [6.45, 7) is 1.83. The van der Waals surface area contributed by atoms with Crippen molar-refractivity contribution in [3.8, 4) is 11.4 Å². The summed E-state index contributed by atoms with van der Waals surface area (Å²) >= 11 is 0. The molecule has 3 heterocycles. The lowest BCUT2D eigenvalue weighted by molar-refractivity contribution is 0.0958. The number of aromatic nitrogens is 3. The Balaban J connectivity index is 1.91. The standard InChI is InChI=1S/C15H10F2N4O/c1-6-13-7(15(22)18-6)2-3-11(19-13)14-8-4-9(16)10(17)5-12(8)20-21-14/h2-6H,1H3,(H,18,22)(H,20,21). The Kier molecular flexibility index (Phi) is 2.53. The van der Waals surface area contributed by atoms with Crippen molar-refractivity contribution in [2.45, 2.75) is 13.0 Å². The summed E-state index contributed by atoms with van der Waals surface area (Å²) in [5, 5.41) is 9.96. The highest BCUT2D eigenvalue weighted by molar-refractivity contribution is 5.99. The van der Waals surface area contributed by atoms with Crippen molar-refractivity contribution in [2.24, 2.45) is 0 Å². The van der Waals surface area contributed by atoms with Gasteiger partial charge in [0.15, 0.2) is 11.6 Å². The Hall–Kier alpha value is -2.83. The van der Waals surface area contributed by atoms with E-state index in [4.69, 9.17) is 0 Å². The zero-order chi connectivity index (χ0) is 15.4. The highest BCUT2D eigenvalue weighted by Crippen LogP contribution is 2.30. The molecule has 22 heavy (non-hydrogen) atoms. The van der Waals surface area contributed by atoms with Crippen LogP contribution in [-0.2, 0) is 0 Å². The van der Waals surface area contributed by atoms with Crippen molar-refractivity contribution in [2.75, 3.05) is 0 Å². The molecule has 2 aromatic heterocycles. The van der Waals surface area contributed by atoms with Gasteiger partial charge in [0.1, 0.15) is 5.69 Å². The second-order valence-corrected chi connectivity index (χ2v) is 5.21. The van der Waals surface area contributed by atoms with Gasteiger partial charge in [0.05, 0.1) is 28.5 Å². The number of nitrogens with zero attached hydrogens (tertiary/aromatic N) is 2. The summed E-state index contributed by atoms with van der Waals surface area (Å²) in [5.74, 6) is -2.05. The SMILES string of the molecule is CC1NC(=O)c2ccc(-c3n[nH]c4cc(F)c(F)cc34)nc21. The Bertz CT molecular complexity index is 935. The lowest BCUT2D eigenvalue weighted by Crippen LogP contribution is -2.16. The van der Waals surface area contributed by atoms with Crippen LogP contribution in [0.4, 0.5) is 8.78 Å². The van der Waals surface area contributed by atoms with E-state index >= 15 is 0 Å². The number of carbonyl (C=O) groups is 1. The molecule has 1 aliphatic heterocycles. The fourth-order valence-corrected chi connectivity index (χ4v) is 2.68. The van der Waals surface area contributed by atoms with Gasteiger partial charge in [0.2, 0.25) is 0 Å². The van der Waals surface area contributed by atoms with Crippen molar-refractivity contribution in [3.63, 3.8) is 0 Å². The van der Waals surface area contributed by atoms with Crippen LogP contribution >= 0.6 is 0 Å². The maximum atomic E-state index is 13.5. The van der Waals surface area contributed by atoms with Crippen molar-refractivity contribution in [1.29, 1.82) is 0 Å². The van der Waals surface area contributed by atoms with E-state index in [2.05, 4.69) is 20.5 Å². The molecule has 0 saturated carbocycles. The van der Waals surface area contributed by atoms with Gasteiger partial charge in [0, 0.05) is 11.5 Å². The molecule has 1 aromatic carbocycles. The molecule has 0 radical (unpaired) electrons. The Morgan fingerprint density at radius 1 is 1.18 bits per heavy atom. The Labute approximate surface area is 123 Å². The zero-order valence-electron chi connectivity index (χ0n) is 11.4. The number of carbonyl (C=O) groups excluding carboxylic acids is 1. The lowest BCUT2D eigenvalue weighted by Gasteiger charge is -2.04. The highest BCUT2D eigenvalue weighted by atomic mass is 19.2. The number of pyridine rings is 1. The number of H-pyrrole nitrogens is 1. The number of fused-ring (bicyclic) bond motifs is 2. The van der Waals surface area contributed by atoms with E-state index in [1.165, 1.54) is 0 Å². The van der Waals surface area contributed by atoms with Crippen molar-refractivity contribution in [3.05, 3.63) is 47.2 Å². The van der Waals surface area contributed by atoms with Gasteiger partial charge in [-0.2, -0.15) is 5.10 Å². The Morgan fingerprint density at radius 2 is 1.95 bits per heavy atom. The fourth-order valence-electron chi connectivity index (χ4n) is 2.68. The normalized spacial score (nSPS) is 16.9. The van der Waals surface area contributed by atoms with Crippen LogP contribution < -0.4 is 5.32 Å². The van der Waals surface area contributed by atoms with Crippen LogP contribution in [0.25, 0.3) is 22.3 Å². The number of aromatic amines is 1. The number of benzene rings is 1. The maximum Gasteiger partial charge on any atom is 0.253 e. The third kappa shape index (κ3) is 1.71. The molecule has 0 fully saturated rings. The van der Waals surface area contributed by atoms with Crippen LogP contribution in [0.1, 0.15) is 29.0 Å². The molecule has 1 amide bonds. The molecule has 0 aliphatic carbocycles. The first kappa shape index (κ1) is 12.9. The van der Waals surface area contributed by atoms with Crippen LogP contribution in [-0.4, -0.2) is 21.1 Å². The summed E-state index contributed by atoms with van der Waals surface area (Å²) in [4.78, 5) is 16.2. The number of amides is 1. The van der Waals surface area contributed by atoms with E-state index in [-0.39, 0.29) is 11.9 Å². The smallest absolute Gasteiger partial charge is 0.253 e. The number of nitrogens with one attached hydrogen (secondary N) is 2. The van der Waals surface area contributed by atoms with Crippen LogP contribution in [0.3, 0.4) is 0 Å². The molecule has 0 bridgehead atoms. The highest BCUT2D eigenvalue weighted by Gasteiger charge is 2.27. The quantitative estimate of drug-likeness (QED) is 0.726. The molecule has 5 nitrogen and oxygen atoms in total. The molecule has 1 unspecified atom stereocenters. The summed E-state index contributed by atoms with van der Waals surface area (Å²) in [6.07, 6.45) is 0. The third-order valence-electron chi connectivity index (χ3n) is 3.77. The molecular formula is C15H10F2N4O. The average molecular weight is 300 g/mol. The van der Waals surface area contributed by atoms with Crippen molar-refractivity contribution < 1.29 is 13.6 Å². The predicted octanol–water partition coefficient (Wildman–Crippen LogP) is 2.71. The average Bonchev–Trinajstić information content (AvgIpc) is 3.01. The van der Waals surface area contributed by atoms with Gasteiger partial charge in [-0.15, -0.1) is 0 Å². The topological polar surface area (TPSA) is 70.7 Å². The van der Waals surface area contributed by atoms with Gasteiger partial charge < -0.3 is 5.32 Å². The summed E-state index contributed by atoms with van der Waals surface area (Å²) < 4.78 is 26.7. The van der Waals surface area contributed by atoms with Gasteiger partial charge >= 0.3 is 0 Å². The van der Waals surface area contributed by atoms with E-state index in [0.717, 1.165) is 12.1 Å². The molecule has 2 N–H and O–H groups in total. The molecule has 0 saturated heterocycles. The Morgan fingerprint density at radius 3 is 2.77 bits per heavy atom. The second-order valence-electron chi connectivity index (χ2n) is 5.21. The van der Waals surface area contributed by atoms with Crippen molar-refractivity contribution in [1.82, 2.24) is 20.5 Å². The van der Waals surface area contributed by atoms with Crippen LogP contribution in [0, 0.1) is 11.6 Å². The molecule has 1 aliphatic rings. The van der Waals surface area contributed by atoms with Gasteiger partial charge in [-0.1, -0.05) is 0 Å². The summed E-state index contributed by atoms with van der Waals surface area (Å²) in [6, 6.07) is 5.26. The van der Waals surface area contributed by atoms with E-state index < -0.39 is 11.6 Å². The summed E-state index contributed by atoms with van der Waals surface area (Å²) in [7, 11) is 0. The number of hydrogen-bond acceptors (Lipinski definition) is 3.